The molecule has 0 fully saturated rings. The van der Waals surface area contributed by atoms with E-state index in [0.29, 0.717) is 11.3 Å². The number of benzene rings is 2. The molecule has 2 aromatic rings. The van der Waals surface area contributed by atoms with Crippen molar-refractivity contribution in [3.63, 3.8) is 0 Å². The van der Waals surface area contributed by atoms with Crippen molar-refractivity contribution in [1.82, 2.24) is 5.32 Å². The average molecular weight is 380 g/mol. The van der Waals surface area contributed by atoms with E-state index in [2.05, 4.69) is 33.2 Å². The third-order valence-electron chi connectivity index (χ3n) is 2.57. The van der Waals surface area contributed by atoms with Crippen LogP contribution in [0.3, 0.4) is 0 Å². The second-order valence-electron chi connectivity index (χ2n) is 4.10. The summed E-state index contributed by atoms with van der Waals surface area (Å²) in [7, 11) is 0. The van der Waals surface area contributed by atoms with Crippen molar-refractivity contribution in [1.29, 1.82) is 0 Å². The highest BCUT2D eigenvalue weighted by Gasteiger charge is 2.07. The van der Waals surface area contributed by atoms with Crippen molar-refractivity contribution < 1.29 is 9.59 Å². The Balaban J connectivity index is 1.83. The summed E-state index contributed by atoms with van der Waals surface area (Å²) in [6.45, 7) is -0.0558. The van der Waals surface area contributed by atoms with Gasteiger partial charge in [0.2, 0.25) is 5.91 Å². The second-order valence-corrected chi connectivity index (χ2v) is 5.35. The van der Waals surface area contributed by atoms with Crippen LogP contribution in [0.5, 0.6) is 0 Å². The summed E-state index contributed by atoms with van der Waals surface area (Å²) < 4.78 is 1.10. The Morgan fingerprint density at radius 2 is 1.60 bits per heavy atom. The minimum Gasteiger partial charge on any atom is -0.343 e. The first-order valence-electron chi connectivity index (χ1n) is 6.04. The fourth-order valence-electron chi connectivity index (χ4n) is 1.59. The molecule has 0 saturated heterocycles. The predicted octanol–water partition coefficient (Wildman–Crippen LogP) is 2.66. The summed E-state index contributed by atoms with van der Waals surface area (Å²) in [6.07, 6.45) is 0. The van der Waals surface area contributed by atoms with Crippen LogP contribution in [0, 0.1) is 3.57 Å². The lowest BCUT2D eigenvalue weighted by atomic mass is 10.2. The molecule has 0 atom stereocenters. The first-order valence-corrected chi connectivity index (χ1v) is 7.12. The van der Waals surface area contributed by atoms with Gasteiger partial charge in [-0.3, -0.25) is 9.59 Å². The lowest BCUT2D eigenvalue weighted by Crippen LogP contribution is -2.32. The molecular formula is C15H13IN2O2. The van der Waals surface area contributed by atoms with E-state index in [0.717, 1.165) is 3.57 Å². The van der Waals surface area contributed by atoms with E-state index in [-0.39, 0.29) is 18.4 Å². The van der Waals surface area contributed by atoms with E-state index in [4.69, 9.17) is 0 Å². The summed E-state index contributed by atoms with van der Waals surface area (Å²) in [6, 6.07) is 16.2. The Morgan fingerprint density at radius 3 is 2.25 bits per heavy atom. The van der Waals surface area contributed by atoms with Gasteiger partial charge >= 0.3 is 0 Å². The van der Waals surface area contributed by atoms with Crippen molar-refractivity contribution in [2.45, 2.75) is 0 Å². The molecule has 0 aliphatic heterocycles. The Labute approximate surface area is 130 Å². The van der Waals surface area contributed by atoms with Crippen LogP contribution in [-0.4, -0.2) is 18.4 Å². The molecule has 0 aliphatic carbocycles. The molecule has 20 heavy (non-hydrogen) atoms. The van der Waals surface area contributed by atoms with Gasteiger partial charge in [0, 0.05) is 14.8 Å². The highest BCUT2D eigenvalue weighted by Crippen LogP contribution is 2.10. The molecule has 0 spiro atoms. The molecule has 2 rings (SSSR count). The van der Waals surface area contributed by atoms with E-state index < -0.39 is 0 Å². The normalized spacial score (nSPS) is 9.85. The summed E-state index contributed by atoms with van der Waals surface area (Å²) in [5.41, 5.74) is 1.25. The summed E-state index contributed by atoms with van der Waals surface area (Å²) in [4.78, 5) is 23.5. The topological polar surface area (TPSA) is 58.2 Å². The number of anilines is 1. The lowest BCUT2D eigenvalue weighted by molar-refractivity contribution is -0.115. The minimum absolute atomic E-state index is 0.0558. The van der Waals surface area contributed by atoms with Crippen LogP contribution in [0.15, 0.2) is 54.6 Å². The maximum Gasteiger partial charge on any atom is 0.251 e. The molecule has 5 heteroatoms. The SMILES string of the molecule is O=C(CNC(=O)c1ccccc1)Nc1ccc(I)cc1. The Morgan fingerprint density at radius 1 is 0.950 bits per heavy atom. The minimum atomic E-state index is -0.261. The van der Waals surface area contributed by atoms with Gasteiger partial charge in [0.25, 0.3) is 5.91 Å². The maximum absolute atomic E-state index is 11.8. The van der Waals surface area contributed by atoms with Gasteiger partial charge in [0.15, 0.2) is 0 Å². The molecule has 0 heterocycles. The van der Waals surface area contributed by atoms with Gasteiger partial charge < -0.3 is 10.6 Å². The molecule has 2 amide bonds. The van der Waals surface area contributed by atoms with Crippen LogP contribution in [0.1, 0.15) is 10.4 Å². The smallest absolute Gasteiger partial charge is 0.251 e. The summed E-state index contributed by atoms with van der Waals surface area (Å²) in [5, 5.41) is 5.30. The molecule has 4 nitrogen and oxygen atoms in total. The summed E-state index contributed by atoms with van der Waals surface area (Å²) >= 11 is 2.19. The highest BCUT2D eigenvalue weighted by molar-refractivity contribution is 14.1. The number of carbonyl (C=O) groups excluding carboxylic acids is 2. The quantitative estimate of drug-likeness (QED) is 0.802. The van der Waals surface area contributed by atoms with Crippen LogP contribution in [0.25, 0.3) is 0 Å². The lowest BCUT2D eigenvalue weighted by Gasteiger charge is -2.07. The zero-order valence-corrected chi connectivity index (χ0v) is 12.8. The first-order chi connectivity index (χ1) is 9.65. The molecule has 2 aromatic carbocycles. The third-order valence-corrected chi connectivity index (χ3v) is 3.29. The monoisotopic (exact) mass is 380 g/mol. The number of carbonyl (C=O) groups is 2. The van der Waals surface area contributed by atoms with Crippen LogP contribution in [0.4, 0.5) is 5.69 Å². The zero-order chi connectivity index (χ0) is 14.4. The molecule has 102 valence electrons. The van der Waals surface area contributed by atoms with Crippen LogP contribution in [-0.2, 0) is 4.79 Å². The largest absolute Gasteiger partial charge is 0.343 e. The first kappa shape index (κ1) is 14.5. The van der Waals surface area contributed by atoms with Gasteiger partial charge in [-0.15, -0.1) is 0 Å². The van der Waals surface area contributed by atoms with Crippen molar-refractivity contribution in [3.8, 4) is 0 Å². The zero-order valence-electron chi connectivity index (χ0n) is 10.6. The maximum atomic E-state index is 11.8. The predicted molar refractivity (Wildman–Crippen MR) is 86.6 cm³/mol. The molecule has 2 N–H and O–H groups in total. The van der Waals surface area contributed by atoms with Gasteiger partial charge in [0.1, 0.15) is 0 Å². The molecule has 0 aliphatic rings. The molecule has 0 unspecified atom stereocenters. The third kappa shape index (κ3) is 4.34. The molecular weight excluding hydrogens is 367 g/mol. The van der Waals surface area contributed by atoms with Crippen molar-refractivity contribution in [2.24, 2.45) is 0 Å². The van der Waals surface area contributed by atoms with Crippen molar-refractivity contribution in [2.75, 3.05) is 11.9 Å². The number of amides is 2. The van der Waals surface area contributed by atoms with Gasteiger partial charge in [-0.2, -0.15) is 0 Å². The Kier molecular flexibility index (Phi) is 5.11. The molecule has 0 bridgehead atoms. The Hall–Kier alpha value is -1.89. The van der Waals surface area contributed by atoms with Crippen LogP contribution < -0.4 is 10.6 Å². The number of rotatable bonds is 4. The number of halogens is 1. The fourth-order valence-corrected chi connectivity index (χ4v) is 1.95. The van der Waals surface area contributed by atoms with E-state index in [1.807, 2.05) is 30.3 Å². The average Bonchev–Trinajstić information content (AvgIpc) is 2.48. The fraction of sp³-hybridized carbons (Fsp3) is 0.0667. The van der Waals surface area contributed by atoms with E-state index >= 15 is 0 Å². The number of hydrogen-bond donors (Lipinski definition) is 2. The number of nitrogens with one attached hydrogen (secondary N) is 2. The molecule has 0 saturated carbocycles. The van der Waals surface area contributed by atoms with Crippen molar-refractivity contribution in [3.05, 3.63) is 63.7 Å². The summed E-state index contributed by atoms with van der Waals surface area (Å²) in [5.74, 6) is -0.515. The van der Waals surface area contributed by atoms with Crippen LogP contribution >= 0.6 is 22.6 Å². The van der Waals surface area contributed by atoms with E-state index in [1.165, 1.54) is 0 Å². The van der Waals surface area contributed by atoms with E-state index in [9.17, 15) is 9.59 Å². The second kappa shape index (κ2) is 7.04. The molecule has 0 aromatic heterocycles. The van der Waals surface area contributed by atoms with Gasteiger partial charge in [0.05, 0.1) is 6.54 Å². The highest BCUT2D eigenvalue weighted by atomic mass is 127. The van der Waals surface area contributed by atoms with Gasteiger partial charge in [-0.25, -0.2) is 0 Å². The van der Waals surface area contributed by atoms with Crippen molar-refractivity contribution >= 4 is 40.1 Å². The Bertz CT molecular complexity index is 597. The van der Waals surface area contributed by atoms with Gasteiger partial charge in [-0.1, -0.05) is 18.2 Å². The van der Waals surface area contributed by atoms with E-state index in [1.54, 1.807) is 24.3 Å². The van der Waals surface area contributed by atoms with Gasteiger partial charge in [-0.05, 0) is 59.0 Å². The van der Waals surface area contributed by atoms with Crippen LogP contribution in [0.2, 0.25) is 0 Å². The standard InChI is InChI=1S/C15H13IN2O2/c16-12-6-8-13(9-7-12)18-14(19)10-17-15(20)11-4-2-1-3-5-11/h1-9H,10H2,(H,17,20)(H,18,19). The molecule has 0 radical (unpaired) electrons. The number of hydrogen-bond acceptors (Lipinski definition) is 2.